The summed E-state index contributed by atoms with van der Waals surface area (Å²) in [6, 6.07) is 11.6. The molecule has 0 aliphatic carbocycles. The van der Waals surface area contributed by atoms with Gasteiger partial charge in [0, 0.05) is 6.54 Å². The highest BCUT2D eigenvalue weighted by Crippen LogP contribution is 2.25. The number of rotatable bonds is 8. The van der Waals surface area contributed by atoms with Crippen LogP contribution in [-0.4, -0.2) is 25.7 Å². The Balaban J connectivity index is 1.72. The Morgan fingerprint density at radius 3 is 2.60 bits per heavy atom. The van der Waals surface area contributed by atoms with Gasteiger partial charge in [0.15, 0.2) is 6.61 Å². The number of halogens is 3. The van der Waals surface area contributed by atoms with Crippen LogP contribution in [0.25, 0.3) is 0 Å². The Bertz CT molecular complexity index is 708. The van der Waals surface area contributed by atoms with Gasteiger partial charge in [0.25, 0.3) is 5.91 Å². The van der Waals surface area contributed by atoms with E-state index in [1.165, 1.54) is 12.1 Å². The zero-order valence-electron chi connectivity index (χ0n) is 13.6. The van der Waals surface area contributed by atoms with Crippen LogP contribution in [0.4, 0.5) is 8.78 Å². The van der Waals surface area contributed by atoms with Gasteiger partial charge >= 0.3 is 6.61 Å². The van der Waals surface area contributed by atoms with Crippen molar-refractivity contribution < 1.29 is 23.0 Å². The molecule has 0 spiro atoms. The average molecular weight is 370 g/mol. The first-order valence-corrected chi connectivity index (χ1v) is 8.01. The first kappa shape index (κ1) is 19.0. The van der Waals surface area contributed by atoms with E-state index in [-0.39, 0.29) is 18.3 Å². The molecule has 0 fully saturated rings. The molecule has 0 aliphatic rings. The lowest BCUT2D eigenvalue weighted by Crippen LogP contribution is -2.30. The molecule has 2 aromatic carbocycles. The predicted molar refractivity (Wildman–Crippen MR) is 91.5 cm³/mol. The number of carbonyl (C=O) groups is 1. The number of aryl methyl sites for hydroxylation is 1. The largest absolute Gasteiger partial charge is 0.482 e. The minimum atomic E-state index is -2.84. The molecule has 0 bridgehead atoms. The molecule has 2 aromatic rings. The number of hydrogen-bond acceptors (Lipinski definition) is 3. The molecule has 0 saturated heterocycles. The molecule has 0 atom stereocenters. The van der Waals surface area contributed by atoms with Crippen molar-refractivity contribution in [3.05, 3.63) is 58.6 Å². The summed E-state index contributed by atoms with van der Waals surface area (Å²) in [6.45, 7) is -0.670. The third-order valence-electron chi connectivity index (χ3n) is 3.33. The molecule has 25 heavy (non-hydrogen) atoms. The van der Waals surface area contributed by atoms with Gasteiger partial charge < -0.3 is 14.8 Å². The monoisotopic (exact) mass is 369 g/mol. The first-order valence-electron chi connectivity index (χ1n) is 7.63. The second kappa shape index (κ2) is 9.22. The normalized spacial score (nSPS) is 10.6. The van der Waals surface area contributed by atoms with Gasteiger partial charge in [-0.1, -0.05) is 29.8 Å². The fourth-order valence-electron chi connectivity index (χ4n) is 2.10. The van der Waals surface area contributed by atoms with Crippen molar-refractivity contribution in [2.75, 3.05) is 13.2 Å². The first-order chi connectivity index (χ1) is 11.9. The van der Waals surface area contributed by atoms with Crippen molar-refractivity contribution >= 4 is 17.5 Å². The van der Waals surface area contributed by atoms with Crippen LogP contribution in [0.1, 0.15) is 11.1 Å². The molecule has 0 unspecified atom stereocenters. The van der Waals surface area contributed by atoms with Gasteiger partial charge in [-0.25, -0.2) is 0 Å². The Morgan fingerprint density at radius 1 is 1.20 bits per heavy atom. The predicted octanol–water partition coefficient (Wildman–Crippen LogP) is 3.99. The van der Waals surface area contributed by atoms with E-state index in [1.807, 2.05) is 13.0 Å². The summed E-state index contributed by atoms with van der Waals surface area (Å²) in [7, 11) is 0. The smallest absolute Gasteiger partial charge is 0.387 e. The van der Waals surface area contributed by atoms with Crippen LogP contribution >= 0.6 is 11.6 Å². The molecule has 0 aliphatic heterocycles. The van der Waals surface area contributed by atoms with Gasteiger partial charge in [0.2, 0.25) is 0 Å². The highest BCUT2D eigenvalue weighted by molar-refractivity contribution is 6.32. The van der Waals surface area contributed by atoms with E-state index in [4.69, 9.17) is 16.3 Å². The number of carbonyl (C=O) groups excluding carboxylic acids is 1. The molecule has 1 N–H and O–H groups in total. The van der Waals surface area contributed by atoms with Gasteiger partial charge in [0.05, 0.1) is 5.02 Å². The lowest BCUT2D eigenvalue weighted by Gasteiger charge is -2.10. The minimum Gasteiger partial charge on any atom is -0.482 e. The summed E-state index contributed by atoms with van der Waals surface area (Å²) in [5.74, 6) is 0.299. The fraction of sp³-hybridized carbons (Fsp3) is 0.278. The van der Waals surface area contributed by atoms with E-state index in [0.29, 0.717) is 23.7 Å². The van der Waals surface area contributed by atoms with E-state index in [1.54, 1.807) is 24.3 Å². The second-order valence-electron chi connectivity index (χ2n) is 5.34. The number of alkyl halides is 2. The maximum absolute atomic E-state index is 12.1. The van der Waals surface area contributed by atoms with E-state index in [9.17, 15) is 13.6 Å². The summed E-state index contributed by atoms with van der Waals surface area (Å²) in [5, 5.41) is 3.17. The molecule has 0 aromatic heterocycles. The van der Waals surface area contributed by atoms with E-state index in [0.717, 1.165) is 11.1 Å². The summed E-state index contributed by atoms with van der Waals surface area (Å²) < 4.78 is 33.8. The second-order valence-corrected chi connectivity index (χ2v) is 5.75. The maximum atomic E-state index is 12.1. The minimum absolute atomic E-state index is 0.103. The summed E-state index contributed by atoms with van der Waals surface area (Å²) in [6.07, 6.45) is 0.561. The molecular weight excluding hydrogens is 352 g/mol. The molecule has 0 heterocycles. The Labute approximate surface area is 149 Å². The van der Waals surface area contributed by atoms with Gasteiger partial charge in [0.1, 0.15) is 11.5 Å². The number of benzene rings is 2. The average Bonchev–Trinajstić information content (AvgIpc) is 2.57. The van der Waals surface area contributed by atoms with Gasteiger partial charge in [-0.2, -0.15) is 8.78 Å². The van der Waals surface area contributed by atoms with Crippen LogP contribution in [0.15, 0.2) is 42.5 Å². The number of nitrogens with one attached hydrogen (secondary N) is 1. The molecule has 1 amide bonds. The molecule has 7 heteroatoms. The van der Waals surface area contributed by atoms with Crippen LogP contribution in [0, 0.1) is 6.92 Å². The lowest BCUT2D eigenvalue weighted by molar-refractivity contribution is -0.123. The standard InChI is InChI=1S/C18H18ClF2NO3/c1-12-2-7-15(19)16(10-12)24-11-17(23)22-9-8-13-3-5-14(6-4-13)25-18(20)21/h2-7,10,18H,8-9,11H2,1H3,(H,22,23). The van der Waals surface area contributed by atoms with E-state index >= 15 is 0 Å². The molecule has 0 radical (unpaired) electrons. The zero-order valence-corrected chi connectivity index (χ0v) is 14.4. The van der Waals surface area contributed by atoms with Crippen LogP contribution in [0.3, 0.4) is 0 Å². The SMILES string of the molecule is Cc1ccc(Cl)c(OCC(=O)NCCc2ccc(OC(F)F)cc2)c1. The number of hydrogen-bond donors (Lipinski definition) is 1. The Kier molecular flexibility index (Phi) is 7.01. The van der Waals surface area contributed by atoms with Crippen LogP contribution in [-0.2, 0) is 11.2 Å². The molecule has 4 nitrogen and oxygen atoms in total. The maximum Gasteiger partial charge on any atom is 0.387 e. The highest BCUT2D eigenvalue weighted by Gasteiger charge is 2.07. The molecule has 2 rings (SSSR count). The summed E-state index contributed by atoms with van der Waals surface area (Å²) in [5.41, 5.74) is 1.88. The number of amides is 1. The fourth-order valence-corrected chi connectivity index (χ4v) is 2.27. The van der Waals surface area contributed by atoms with Crippen LogP contribution in [0.2, 0.25) is 5.02 Å². The van der Waals surface area contributed by atoms with Crippen molar-refractivity contribution in [3.8, 4) is 11.5 Å². The number of ether oxygens (including phenoxy) is 2. The summed E-state index contributed by atoms with van der Waals surface area (Å²) in [4.78, 5) is 11.8. The van der Waals surface area contributed by atoms with Gasteiger partial charge in [-0.3, -0.25) is 4.79 Å². The van der Waals surface area contributed by atoms with E-state index in [2.05, 4.69) is 10.1 Å². The van der Waals surface area contributed by atoms with Gasteiger partial charge in [-0.15, -0.1) is 0 Å². The van der Waals surface area contributed by atoms with Crippen molar-refractivity contribution in [3.63, 3.8) is 0 Å². The topological polar surface area (TPSA) is 47.6 Å². The quantitative estimate of drug-likeness (QED) is 0.765. The Morgan fingerprint density at radius 2 is 1.92 bits per heavy atom. The highest BCUT2D eigenvalue weighted by atomic mass is 35.5. The van der Waals surface area contributed by atoms with Crippen LogP contribution < -0.4 is 14.8 Å². The summed E-state index contributed by atoms with van der Waals surface area (Å²) >= 11 is 5.99. The lowest BCUT2D eigenvalue weighted by atomic mass is 10.1. The zero-order chi connectivity index (χ0) is 18.2. The Hall–Kier alpha value is -2.34. The van der Waals surface area contributed by atoms with Crippen molar-refractivity contribution in [1.29, 1.82) is 0 Å². The molecular formula is C18H18ClF2NO3. The van der Waals surface area contributed by atoms with Crippen molar-refractivity contribution in [2.24, 2.45) is 0 Å². The van der Waals surface area contributed by atoms with Gasteiger partial charge in [-0.05, 0) is 48.7 Å². The van der Waals surface area contributed by atoms with Crippen molar-refractivity contribution in [1.82, 2.24) is 5.32 Å². The van der Waals surface area contributed by atoms with Crippen LogP contribution in [0.5, 0.6) is 11.5 Å². The third-order valence-corrected chi connectivity index (χ3v) is 3.64. The molecule has 134 valence electrons. The molecule has 0 saturated carbocycles. The van der Waals surface area contributed by atoms with Crippen molar-refractivity contribution in [2.45, 2.75) is 20.0 Å². The van der Waals surface area contributed by atoms with E-state index < -0.39 is 6.61 Å². The third kappa shape index (κ3) is 6.58.